The molecule has 3 heteroatoms. The number of fused-ring (bicyclic) bond motifs is 1. The third-order valence-corrected chi connectivity index (χ3v) is 4.30. The quantitative estimate of drug-likeness (QED) is 0.924. The number of pyridine rings is 1. The van der Waals surface area contributed by atoms with Crippen molar-refractivity contribution in [1.82, 2.24) is 9.88 Å². The number of nitrogens with zero attached hydrogens (tertiary/aromatic N) is 2. The second-order valence-electron chi connectivity index (χ2n) is 5.95. The maximum atomic E-state index is 4.20. The van der Waals surface area contributed by atoms with Crippen molar-refractivity contribution in [3.8, 4) is 0 Å². The lowest BCUT2D eigenvalue weighted by molar-refractivity contribution is 0.177. The molecule has 1 saturated heterocycles. The van der Waals surface area contributed by atoms with Crippen LogP contribution in [0.15, 0.2) is 36.7 Å². The Kier molecular flexibility index (Phi) is 3.88. The Morgan fingerprint density at radius 3 is 2.75 bits per heavy atom. The second-order valence-corrected chi connectivity index (χ2v) is 5.95. The van der Waals surface area contributed by atoms with Gasteiger partial charge in [0.25, 0.3) is 0 Å². The summed E-state index contributed by atoms with van der Waals surface area (Å²) in [7, 11) is 0. The van der Waals surface area contributed by atoms with E-state index in [0.717, 1.165) is 0 Å². The van der Waals surface area contributed by atoms with Crippen molar-refractivity contribution in [2.75, 3.05) is 18.4 Å². The fourth-order valence-corrected chi connectivity index (χ4v) is 3.03. The molecule has 0 unspecified atom stereocenters. The summed E-state index contributed by atoms with van der Waals surface area (Å²) in [6.07, 6.45) is 6.25. The summed E-state index contributed by atoms with van der Waals surface area (Å²) >= 11 is 0. The summed E-state index contributed by atoms with van der Waals surface area (Å²) in [6, 6.07) is 9.76. The maximum Gasteiger partial charge on any atom is 0.0423 e. The molecule has 1 N–H and O–H groups in total. The number of piperidine rings is 1. The molecule has 3 nitrogen and oxygen atoms in total. The van der Waals surface area contributed by atoms with E-state index in [2.05, 4.69) is 53.3 Å². The zero-order valence-corrected chi connectivity index (χ0v) is 12.3. The first-order valence-corrected chi connectivity index (χ1v) is 7.57. The van der Waals surface area contributed by atoms with Gasteiger partial charge in [0, 0.05) is 54.0 Å². The highest BCUT2D eigenvalue weighted by Crippen LogP contribution is 2.25. The molecule has 2 heterocycles. The summed E-state index contributed by atoms with van der Waals surface area (Å²) in [5.74, 6) is 0. The van der Waals surface area contributed by atoms with Crippen molar-refractivity contribution in [2.24, 2.45) is 0 Å². The highest BCUT2D eigenvalue weighted by atomic mass is 15.2. The van der Waals surface area contributed by atoms with Gasteiger partial charge in [-0.1, -0.05) is 12.1 Å². The van der Waals surface area contributed by atoms with E-state index in [4.69, 9.17) is 0 Å². The van der Waals surface area contributed by atoms with Crippen LogP contribution in [-0.2, 0) is 0 Å². The largest absolute Gasteiger partial charge is 0.382 e. The molecule has 0 atom stereocenters. The van der Waals surface area contributed by atoms with Gasteiger partial charge in [-0.05, 0) is 38.8 Å². The Morgan fingerprint density at radius 1 is 1.20 bits per heavy atom. The summed E-state index contributed by atoms with van der Waals surface area (Å²) in [5.41, 5.74) is 1.24. The predicted octanol–water partition coefficient (Wildman–Crippen LogP) is 3.52. The Balaban J connectivity index is 1.72. The van der Waals surface area contributed by atoms with Gasteiger partial charge in [0.2, 0.25) is 0 Å². The number of hydrogen-bond donors (Lipinski definition) is 1. The van der Waals surface area contributed by atoms with Crippen LogP contribution < -0.4 is 5.32 Å². The molecule has 2 aromatic rings. The van der Waals surface area contributed by atoms with Crippen LogP contribution in [0.3, 0.4) is 0 Å². The van der Waals surface area contributed by atoms with Crippen LogP contribution in [0.25, 0.3) is 10.8 Å². The van der Waals surface area contributed by atoms with Gasteiger partial charge in [-0.15, -0.1) is 0 Å². The van der Waals surface area contributed by atoms with Crippen LogP contribution >= 0.6 is 0 Å². The monoisotopic (exact) mass is 269 g/mol. The molecular weight excluding hydrogens is 246 g/mol. The van der Waals surface area contributed by atoms with E-state index >= 15 is 0 Å². The van der Waals surface area contributed by atoms with Gasteiger partial charge >= 0.3 is 0 Å². The van der Waals surface area contributed by atoms with Crippen molar-refractivity contribution in [3.63, 3.8) is 0 Å². The van der Waals surface area contributed by atoms with E-state index < -0.39 is 0 Å². The van der Waals surface area contributed by atoms with Crippen molar-refractivity contribution >= 4 is 16.5 Å². The first-order chi connectivity index (χ1) is 9.74. The average molecular weight is 269 g/mol. The van der Waals surface area contributed by atoms with Gasteiger partial charge in [0.1, 0.15) is 0 Å². The number of benzene rings is 1. The summed E-state index contributed by atoms with van der Waals surface area (Å²) < 4.78 is 0. The molecule has 0 radical (unpaired) electrons. The molecule has 1 aliphatic rings. The molecule has 1 aromatic carbocycles. The van der Waals surface area contributed by atoms with Crippen molar-refractivity contribution in [2.45, 2.75) is 38.8 Å². The zero-order valence-electron chi connectivity index (χ0n) is 12.3. The molecule has 0 aliphatic carbocycles. The first-order valence-electron chi connectivity index (χ1n) is 7.57. The molecule has 1 aromatic heterocycles. The van der Waals surface area contributed by atoms with Gasteiger partial charge < -0.3 is 10.2 Å². The molecule has 106 valence electrons. The molecule has 3 rings (SSSR count). The number of likely N-dealkylation sites (tertiary alicyclic amines) is 1. The molecule has 1 fully saturated rings. The normalized spacial score (nSPS) is 17.8. The van der Waals surface area contributed by atoms with Crippen LogP contribution in [0.2, 0.25) is 0 Å². The fraction of sp³-hybridized carbons (Fsp3) is 0.471. The number of rotatable bonds is 3. The van der Waals surface area contributed by atoms with Gasteiger partial charge in [0.15, 0.2) is 0 Å². The van der Waals surface area contributed by atoms with E-state index in [9.17, 15) is 0 Å². The minimum atomic E-state index is 0.587. The van der Waals surface area contributed by atoms with Crippen molar-refractivity contribution in [3.05, 3.63) is 36.7 Å². The third kappa shape index (κ3) is 2.78. The summed E-state index contributed by atoms with van der Waals surface area (Å²) in [5, 5.41) is 6.21. The van der Waals surface area contributed by atoms with Crippen molar-refractivity contribution in [1.29, 1.82) is 0 Å². The van der Waals surface area contributed by atoms with Crippen LogP contribution in [-0.4, -0.2) is 35.1 Å². The third-order valence-electron chi connectivity index (χ3n) is 4.30. The van der Waals surface area contributed by atoms with Gasteiger partial charge in [-0.3, -0.25) is 4.98 Å². The van der Waals surface area contributed by atoms with E-state index in [1.165, 1.54) is 42.4 Å². The summed E-state index contributed by atoms with van der Waals surface area (Å²) in [6.45, 7) is 6.96. The Hall–Kier alpha value is -1.61. The molecule has 20 heavy (non-hydrogen) atoms. The molecule has 1 aliphatic heterocycles. The van der Waals surface area contributed by atoms with Crippen LogP contribution in [0.4, 0.5) is 5.69 Å². The highest BCUT2D eigenvalue weighted by Gasteiger charge is 2.20. The molecular formula is C17H23N3. The zero-order chi connectivity index (χ0) is 13.9. The van der Waals surface area contributed by atoms with E-state index in [-0.39, 0.29) is 0 Å². The average Bonchev–Trinajstić information content (AvgIpc) is 2.48. The Bertz CT molecular complexity index is 566. The number of hydrogen-bond acceptors (Lipinski definition) is 3. The van der Waals surface area contributed by atoms with Crippen LogP contribution in [0, 0.1) is 0 Å². The number of nitrogens with one attached hydrogen (secondary N) is 1. The number of aromatic nitrogens is 1. The minimum absolute atomic E-state index is 0.587. The minimum Gasteiger partial charge on any atom is -0.382 e. The van der Waals surface area contributed by atoms with Gasteiger partial charge in [0.05, 0.1) is 0 Å². The van der Waals surface area contributed by atoms with E-state index in [1.54, 1.807) is 0 Å². The molecule has 0 amide bonds. The van der Waals surface area contributed by atoms with E-state index in [1.807, 2.05) is 12.4 Å². The molecule has 0 saturated carbocycles. The highest BCUT2D eigenvalue weighted by molar-refractivity contribution is 5.93. The van der Waals surface area contributed by atoms with Gasteiger partial charge in [-0.2, -0.15) is 0 Å². The Labute approximate surface area is 121 Å². The first kappa shape index (κ1) is 13.4. The molecule has 0 bridgehead atoms. The van der Waals surface area contributed by atoms with Crippen LogP contribution in [0.5, 0.6) is 0 Å². The van der Waals surface area contributed by atoms with Crippen molar-refractivity contribution < 1.29 is 0 Å². The molecule has 0 spiro atoms. The fourth-order valence-electron chi connectivity index (χ4n) is 3.03. The maximum absolute atomic E-state index is 4.20. The smallest absolute Gasteiger partial charge is 0.0423 e. The van der Waals surface area contributed by atoms with Gasteiger partial charge in [-0.25, -0.2) is 0 Å². The predicted molar refractivity (Wildman–Crippen MR) is 85.1 cm³/mol. The SMILES string of the molecule is CC(C)N1CCC(Nc2cccc3cnccc23)CC1. The lowest BCUT2D eigenvalue weighted by atomic mass is 10.0. The van der Waals surface area contributed by atoms with Crippen LogP contribution in [0.1, 0.15) is 26.7 Å². The standard InChI is InChI=1S/C17H23N3/c1-13(2)20-10-7-15(8-11-20)19-17-5-3-4-14-12-18-9-6-16(14)17/h3-6,9,12-13,15,19H,7-8,10-11H2,1-2H3. The summed E-state index contributed by atoms with van der Waals surface area (Å²) in [4.78, 5) is 6.76. The lowest BCUT2D eigenvalue weighted by Gasteiger charge is -2.35. The Morgan fingerprint density at radius 2 is 2.00 bits per heavy atom. The van der Waals surface area contributed by atoms with E-state index in [0.29, 0.717) is 12.1 Å². The second kappa shape index (κ2) is 5.80. The number of anilines is 1. The topological polar surface area (TPSA) is 28.2 Å². The lowest BCUT2D eigenvalue weighted by Crippen LogP contribution is -2.42.